The third-order valence-corrected chi connectivity index (χ3v) is 2.78. The predicted octanol–water partition coefficient (Wildman–Crippen LogP) is 3.22. The van der Waals surface area contributed by atoms with Gasteiger partial charge in [0.2, 0.25) is 0 Å². The fourth-order valence-electron chi connectivity index (χ4n) is 1.34. The molecule has 0 bridgehead atoms. The summed E-state index contributed by atoms with van der Waals surface area (Å²) in [6.45, 7) is 2.12. The number of ether oxygens (including phenoxy) is 1. The average Bonchev–Trinajstić information content (AvgIpc) is 2.20. The average molecular weight is 257 g/mol. The van der Waals surface area contributed by atoms with E-state index in [1.807, 2.05) is 6.07 Å². The zero-order chi connectivity index (χ0) is 10.6. The summed E-state index contributed by atoms with van der Waals surface area (Å²) < 4.78 is 6.10. The van der Waals surface area contributed by atoms with E-state index in [1.165, 1.54) is 5.56 Å². The van der Waals surface area contributed by atoms with Crippen molar-refractivity contribution in [2.75, 3.05) is 7.11 Å². The Morgan fingerprint density at radius 1 is 1.50 bits per heavy atom. The smallest absolute Gasteiger partial charge is 0.153 e. The minimum absolute atomic E-state index is 0.583. The molecule has 0 heterocycles. The first-order valence-corrected chi connectivity index (χ1v) is 5.33. The van der Waals surface area contributed by atoms with Crippen LogP contribution in [0, 0.1) is 0 Å². The molecule has 0 saturated carbocycles. The van der Waals surface area contributed by atoms with Crippen molar-refractivity contribution in [1.82, 2.24) is 0 Å². The summed E-state index contributed by atoms with van der Waals surface area (Å²) in [4.78, 5) is 10.7. The van der Waals surface area contributed by atoms with Crippen molar-refractivity contribution in [3.05, 3.63) is 27.7 Å². The van der Waals surface area contributed by atoms with Gasteiger partial charge in [-0.2, -0.15) is 0 Å². The SMILES string of the molecule is CCCc1cc(OC)c(C=O)cc1Br. The third kappa shape index (κ3) is 2.35. The van der Waals surface area contributed by atoms with Gasteiger partial charge in [0, 0.05) is 4.47 Å². The van der Waals surface area contributed by atoms with Crippen molar-refractivity contribution < 1.29 is 9.53 Å². The van der Waals surface area contributed by atoms with E-state index in [0.29, 0.717) is 11.3 Å². The van der Waals surface area contributed by atoms with Gasteiger partial charge in [0.15, 0.2) is 6.29 Å². The molecule has 0 saturated heterocycles. The van der Waals surface area contributed by atoms with E-state index < -0.39 is 0 Å². The monoisotopic (exact) mass is 256 g/mol. The highest BCUT2D eigenvalue weighted by Crippen LogP contribution is 2.27. The summed E-state index contributed by atoms with van der Waals surface area (Å²) in [5.41, 5.74) is 1.76. The molecule has 0 aliphatic heterocycles. The number of rotatable bonds is 4. The standard InChI is InChI=1S/C11H13BrO2/c1-3-4-8-6-11(14-2)9(7-13)5-10(8)12/h5-7H,3-4H2,1-2H3. The van der Waals surface area contributed by atoms with Gasteiger partial charge in [-0.25, -0.2) is 0 Å². The van der Waals surface area contributed by atoms with Crippen LogP contribution >= 0.6 is 15.9 Å². The molecular formula is C11H13BrO2. The van der Waals surface area contributed by atoms with Crippen LogP contribution in [0.15, 0.2) is 16.6 Å². The van der Waals surface area contributed by atoms with E-state index in [4.69, 9.17) is 4.74 Å². The van der Waals surface area contributed by atoms with Gasteiger partial charge >= 0.3 is 0 Å². The fourth-order valence-corrected chi connectivity index (χ4v) is 1.90. The van der Waals surface area contributed by atoms with Crippen LogP contribution in [0.25, 0.3) is 0 Å². The summed E-state index contributed by atoms with van der Waals surface area (Å²) in [6.07, 6.45) is 2.86. The lowest BCUT2D eigenvalue weighted by molar-refractivity contribution is 0.112. The minimum atomic E-state index is 0.583. The molecule has 0 fully saturated rings. The number of methoxy groups -OCH3 is 1. The van der Waals surface area contributed by atoms with E-state index in [-0.39, 0.29) is 0 Å². The number of aldehydes is 1. The summed E-state index contributed by atoms with van der Waals surface area (Å²) in [7, 11) is 1.58. The van der Waals surface area contributed by atoms with E-state index in [1.54, 1.807) is 13.2 Å². The molecule has 0 unspecified atom stereocenters. The van der Waals surface area contributed by atoms with Gasteiger partial charge in [0.05, 0.1) is 12.7 Å². The molecule has 0 radical (unpaired) electrons. The maximum Gasteiger partial charge on any atom is 0.153 e. The molecule has 1 aromatic carbocycles. The Morgan fingerprint density at radius 3 is 2.71 bits per heavy atom. The second-order valence-electron chi connectivity index (χ2n) is 3.05. The molecule has 0 aliphatic rings. The van der Waals surface area contributed by atoms with Crippen molar-refractivity contribution in [3.8, 4) is 5.75 Å². The van der Waals surface area contributed by atoms with Gasteiger partial charge in [0.25, 0.3) is 0 Å². The molecule has 1 aromatic rings. The van der Waals surface area contributed by atoms with Crippen LogP contribution in [-0.2, 0) is 6.42 Å². The molecule has 0 atom stereocenters. The highest BCUT2D eigenvalue weighted by Gasteiger charge is 2.07. The van der Waals surface area contributed by atoms with Gasteiger partial charge in [-0.1, -0.05) is 29.3 Å². The Balaban J connectivity index is 3.15. The quantitative estimate of drug-likeness (QED) is 0.774. The Morgan fingerprint density at radius 2 is 2.21 bits per heavy atom. The number of carbonyl (C=O) groups excluding carboxylic acids is 1. The maximum atomic E-state index is 10.7. The molecule has 2 nitrogen and oxygen atoms in total. The second kappa shape index (κ2) is 5.15. The van der Waals surface area contributed by atoms with E-state index >= 15 is 0 Å². The van der Waals surface area contributed by atoms with Crippen molar-refractivity contribution in [3.63, 3.8) is 0 Å². The van der Waals surface area contributed by atoms with Crippen molar-refractivity contribution in [2.24, 2.45) is 0 Å². The Hall–Kier alpha value is -0.830. The topological polar surface area (TPSA) is 26.3 Å². The molecule has 0 aromatic heterocycles. The lowest BCUT2D eigenvalue weighted by atomic mass is 10.1. The van der Waals surface area contributed by atoms with Crippen LogP contribution in [-0.4, -0.2) is 13.4 Å². The molecule has 0 spiro atoms. The van der Waals surface area contributed by atoms with Gasteiger partial charge in [-0.15, -0.1) is 0 Å². The highest BCUT2D eigenvalue weighted by atomic mass is 79.9. The molecule has 0 N–H and O–H groups in total. The number of halogens is 1. The van der Waals surface area contributed by atoms with Crippen LogP contribution in [0.2, 0.25) is 0 Å². The van der Waals surface area contributed by atoms with Gasteiger partial charge in [-0.05, 0) is 24.1 Å². The van der Waals surface area contributed by atoms with Gasteiger partial charge < -0.3 is 4.74 Å². The number of benzene rings is 1. The summed E-state index contributed by atoms with van der Waals surface area (Å²) in [5, 5.41) is 0. The Labute approximate surface area is 92.4 Å². The number of hydrogen-bond donors (Lipinski definition) is 0. The van der Waals surface area contributed by atoms with Crippen molar-refractivity contribution in [2.45, 2.75) is 19.8 Å². The maximum absolute atomic E-state index is 10.7. The lowest BCUT2D eigenvalue weighted by Gasteiger charge is -2.08. The van der Waals surface area contributed by atoms with Crippen molar-refractivity contribution >= 4 is 22.2 Å². The zero-order valence-electron chi connectivity index (χ0n) is 8.34. The summed E-state index contributed by atoms with van der Waals surface area (Å²) in [6, 6.07) is 3.72. The number of hydrogen-bond acceptors (Lipinski definition) is 2. The molecule has 0 amide bonds. The molecule has 76 valence electrons. The summed E-state index contributed by atoms with van der Waals surface area (Å²) in [5.74, 6) is 0.645. The zero-order valence-corrected chi connectivity index (χ0v) is 9.93. The first kappa shape index (κ1) is 11.2. The van der Waals surface area contributed by atoms with Gasteiger partial charge in [0.1, 0.15) is 5.75 Å². The van der Waals surface area contributed by atoms with E-state index in [2.05, 4.69) is 22.9 Å². The third-order valence-electron chi connectivity index (χ3n) is 2.05. The van der Waals surface area contributed by atoms with Crippen LogP contribution in [0.1, 0.15) is 29.3 Å². The largest absolute Gasteiger partial charge is 0.496 e. The number of carbonyl (C=O) groups is 1. The normalized spacial score (nSPS) is 9.93. The predicted molar refractivity (Wildman–Crippen MR) is 60.1 cm³/mol. The first-order valence-electron chi connectivity index (χ1n) is 4.54. The fraction of sp³-hybridized carbons (Fsp3) is 0.364. The molecular weight excluding hydrogens is 244 g/mol. The molecule has 1 rings (SSSR count). The van der Waals surface area contributed by atoms with Crippen LogP contribution in [0.3, 0.4) is 0 Å². The molecule has 3 heteroatoms. The van der Waals surface area contributed by atoms with Gasteiger partial charge in [-0.3, -0.25) is 4.79 Å². The van der Waals surface area contributed by atoms with Crippen molar-refractivity contribution in [1.29, 1.82) is 0 Å². The second-order valence-corrected chi connectivity index (χ2v) is 3.91. The summed E-state index contributed by atoms with van der Waals surface area (Å²) >= 11 is 3.44. The Kier molecular flexibility index (Phi) is 4.14. The van der Waals surface area contributed by atoms with Crippen LogP contribution < -0.4 is 4.74 Å². The molecule has 0 aliphatic carbocycles. The highest BCUT2D eigenvalue weighted by molar-refractivity contribution is 9.10. The Bertz CT molecular complexity index is 334. The first-order chi connectivity index (χ1) is 6.72. The minimum Gasteiger partial charge on any atom is -0.496 e. The molecule has 14 heavy (non-hydrogen) atoms. The van der Waals surface area contributed by atoms with Crippen LogP contribution in [0.5, 0.6) is 5.75 Å². The lowest BCUT2D eigenvalue weighted by Crippen LogP contribution is -1.94. The van der Waals surface area contributed by atoms with E-state index in [0.717, 1.165) is 23.6 Å². The number of aryl methyl sites for hydroxylation is 1. The van der Waals surface area contributed by atoms with Crippen LogP contribution in [0.4, 0.5) is 0 Å². The van der Waals surface area contributed by atoms with E-state index in [9.17, 15) is 4.79 Å².